The van der Waals surface area contributed by atoms with E-state index in [1.807, 2.05) is 0 Å². The number of carbonyl (C=O) groups is 1. The zero-order chi connectivity index (χ0) is 26.6. The first-order valence-corrected chi connectivity index (χ1v) is 11.0. The van der Waals surface area contributed by atoms with E-state index < -0.39 is 80.6 Å². The molecule has 0 aliphatic carbocycles. The Morgan fingerprint density at radius 1 is 0.833 bits per heavy atom. The molecule has 3 rings (SSSR count). The molecule has 2 aliphatic rings. The molecule has 2 fully saturated rings. The van der Waals surface area contributed by atoms with Crippen LogP contribution in [0.4, 0.5) is 0 Å². The third-order valence-corrected chi connectivity index (χ3v) is 5.77. The maximum atomic E-state index is 12.2. The minimum atomic E-state index is -1.74. The number of esters is 1. The molecule has 14 heteroatoms. The van der Waals surface area contributed by atoms with Crippen molar-refractivity contribution in [1.82, 2.24) is 0 Å². The highest BCUT2D eigenvalue weighted by Crippen LogP contribution is 2.32. The lowest BCUT2D eigenvalue weighted by Gasteiger charge is -2.39. The fourth-order valence-electron chi connectivity index (χ4n) is 3.66. The van der Waals surface area contributed by atoms with Crippen molar-refractivity contribution in [3.05, 3.63) is 29.8 Å². The molecule has 1 aromatic rings. The van der Waals surface area contributed by atoms with E-state index >= 15 is 0 Å². The Bertz CT molecular complexity index is 905. The second kappa shape index (κ2) is 12.2. The molecule has 14 nitrogen and oxygen atoms in total. The number of aliphatic hydroxyl groups excluding tert-OH is 8. The first kappa shape index (κ1) is 28.2. The molecule has 202 valence electrons. The van der Waals surface area contributed by atoms with Crippen LogP contribution in [0, 0.1) is 0 Å². The molecular formula is C22H30O14. The molecule has 8 N–H and O–H groups in total. The lowest BCUT2D eigenvalue weighted by molar-refractivity contribution is -0.291. The molecule has 0 bridgehead atoms. The predicted octanol–water partition coefficient (Wildman–Crippen LogP) is -3.77. The van der Waals surface area contributed by atoms with Gasteiger partial charge in [0.2, 0.25) is 12.6 Å². The summed E-state index contributed by atoms with van der Waals surface area (Å²) < 4.78 is 26.2. The number of hydrogen-bond acceptors (Lipinski definition) is 14. The molecule has 1 aromatic carbocycles. The van der Waals surface area contributed by atoms with Gasteiger partial charge in [0, 0.05) is 6.08 Å². The Morgan fingerprint density at radius 2 is 1.39 bits per heavy atom. The van der Waals surface area contributed by atoms with E-state index in [1.54, 1.807) is 0 Å². The second-order valence-corrected chi connectivity index (χ2v) is 8.19. The third-order valence-electron chi connectivity index (χ3n) is 5.77. The van der Waals surface area contributed by atoms with Crippen LogP contribution in [0.15, 0.2) is 24.3 Å². The van der Waals surface area contributed by atoms with Crippen LogP contribution < -0.4 is 9.47 Å². The lowest BCUT2D eigenvalue weighted by atomic mass is 9.99. The quantitative estimate of drug-likeness (QED) is 0.122. The zero-order valence-electron chi connectivity index (χ0n) is 19.1. The van der Waals surface area contributed by atoms with Crippen LogP contribution in [0.1, 0.15) is 5.56 Å². The Morgan fingerprint density at radius 3 is 1.94 bits per heavy atom. The van der Waals surface area contributed by atoms with Crippen molar-refractivity contribution in [2.24, 2.45) is 0 Å². The van der Waals surface area contributed by atoms with E-state index in [9.17, 15) is 45.6 Å². The SMILES string of the molecule is COc1cc(/C=C/C(=O)O[C@@H]2O[C@H](CO)[C@@H](O)[C@H](O)[C@H]2O)ccc1O[C@@H]1O[C@H](CO)[C@@H](O)[C@H](O)[C@H]1O. The van der Waals surface area contributed by atoms with Crippen molar-refractivity contribution in [2.75, 3.05) is 20.3 Å². The summed E-state index contributed by atoms with van der Waals surface area (Å²) in [4.78, 5) is 12.2. The summed E-state index contributed by atoms with van der Waals surface area (Å²) in [5.74, 6) is -0.723. The molecule has 2 heterocycles. The van der Waals surface area contributed by atoms with Crippen molar-refractivity contribution in [2.45, 2.75) is 61.4 Å². The summed E-state index contributed by atoms with van der Waals surface area (Å²) >= 11 is 0. The molecule has 0 radical (unpaired) electrons. The topological polar surface area (TPSA) is 225 Å². The minimum Gasteiger partial charge on any atom is -0.493 e. The summed E-state index contributed by atoms with van der Waals surface area (Å²) in [6.07, 6.45) is -12.9. The van der Waals surface area contributed by atoms with Crippen molar-refractivity contribution in [3.63, 3.8) is 0 Å². The molecule has 10 atom stereocenters. The van der Waals surface area contributed by atoms with Gasteiger partial charge in [0.15, 0.2) is 11.5 Å². The second-order valence-electron chi connectivity index (χ2n) is 8.19. The minimum absolute atomic E-state index is 0.0860. The van der Waals surface area contributed by atoms with Crippen molar-refractivity contribution in [1.29, 1.82) is 0 Å². The average molecular weight is 518 g/mol. The first-order chi connectivity index (χ1) is 17.1. The zero-order valence-corrected chi connectivity index (χ0v) is 19.1. The van der Waals surface area contributed by atoms with Crippen molar-refractivity contribution in [3.8, 4) is 11.5 Å². The van der Waals surface area contributed by atoms with E-state index in [1.165, 1.54) is 31.4 Å². The van der Waals surface area contributed by atoms with Gasteiger partial charge in [-0.2, -0.15) is 0 Å². The van der Waals surface area contributed by atoms with Gasteiger partial charge in [0.1, 0.15) is 48.8 Å². The monoisotopic (exact) mass is 518 g/mol. The van der Waals surface area contributed by atoms with Gasteiger partial charge in [-0.1, -0.05) is 6.07 Å². The van der Waals surface area contributed by atoms with Gasteiger partial charge in [0.25, 0.3) is 0 Å². The van der Waals surface area contributed by atoms with Gasteiger partial charge in [0.05, 0.1) is 20.3 Å². The number of rotatable bonds is 8. The van der Waals surface area contributed by atoms with Gasteiger partial charge >= 0.3 is 5.97 Å². The highest BCUT2D eigenvalue weighted by atomic mass is 16.7. The Balaban J connectivity index is 1.65. The first-order valence-electron chi connectivity index (χ1n) is 11.0. The van der Waals surface area contributed by atoms with Gasteiger partial charge in [-0.15, -0.1) is 0 Å². The predicted molar refractivity (Wildman–Crippen MR) is 116 cm³/mol. The fourth-order valence-corrected chi connectivity index (χ4v) is 3.66. The number of carbonyl (C=O) groups excluding carboxylic acids is 1. The van der Waals surface area contributed by atoms with E-state index in [0.29, 0.717) is 5.56 Å². The normalized spacial score (nSPS) is 37.0. The third kappa shape index (κ3) is 6.12. The summed E-state index contributed by atoms with van der Waals surface area (Å²) in [6, 6.07) is 4.37. The van der Waals surface area contributed by atoms with Crippen LogP contribution in [0.2, 0.25) is 0 Å². The Hall–Kier alpha value is -2.37. The molecule has 36 heavy (non-hydrogen) atoms. The van der Waals surface area contributed by atoms with Crippen LogP contribution >= 0.6 is 0 Å². The average Bonchev–Trinajstić information content (AvgIpc) is 2.88. The molecule has 2 aliphatic heterocycles. The van der Waals surface area contributed by atoms with Gasteiger partial charge in [-0.3, -0.25) is 0 Å². The van der Waals surface area contributed by atoms with Crippen LogP contribution in [-0.2, 0) is 19.0 Å². The van der Waals surface area contributed by atoms with Crippen LogP contribution in [-0.4, -0.2) is 129 Å². The Kier molecular flexibility index (Phi) is 9.59. The number of aliphatic hydroxyl groups is 8. The molecule has 0 amide bonds. The Labute approximate surface area is 205 Å². The number of benzene rings is 1. The smallest absolute Gasteiger partial charge is 0.333 e. The number of methoxy groups -OCH3 is 1. The number of hydrogen-bond donors (Lipinski definition) is 8. The molecule has 0 aromatic heterocycles. The fraction of sp³-hybridized carbons (Fsp3) is 0.591. The molecule has 2 saturated heterocycles. The van der Waals surface area contributed by atoms with E-state index in [-0.39, 0.29) is 11.5 Å². The summed E-state index contributed by atoms with van der Waals surface area (Å²) in [5, 5.41) is 77.9. The van der Waals surface area contributed by atoms with E-state index in [2.05, 4.69) is 0 Å². The standard InChI is InChI=1S/C22H30O14/c1-32-11-6-9(2-4-10(11)33-21-19(30)17(28)15(26)12(7-23)34-21)3-5-14(25)36-22-20(31)18(29)16(27)13(8-24)35-22/h2-6,12-13,15-24,26-31H,7-8H2,1H3/b5-3+/t12-,13-,15-,16-,17+,18+,19-,20-,21-,22+/m1/s1. The van der Waals surface area contributed by atoms with Crippen LogP contribution in [0.3, 0.4) is 0 Å². The molecule has 0 spiro atoms. The summed E-state index contributed by atoms with van der Waals surface area (Å²) in [5.41, 5.74) is 0.429. The van der Waals surface area contributed by atoms with Gasteiger partial charge in [-0.25, -0.2) is 4.79 Å². The molecular weight excluding hydrogens is 488 g/mol. The maximum Gasteiger partial charge on any atom is 0.333 e. The molecule has 0 unspecified atom stereocenters. The largest absolute Gasteiger partial charge is 0.493 e. The van der Waals surface area contributed by atoms with Crippen molar-refractivity contribution >= 4 is 12.0 Å². The number of ether oxygens (including phenoxy) is 5. The molecule has 0 saturated carbocycles. The van der Waals surface area contributed by atoms with E-state index in [0.717, 1.165) is 6.08 Å². The summed E-state index contributed by atoms with van der Waals surface area (Å²) in [6.45, 7) is -1.29. The van der Waals surface area contributed by atoms with Crippen LogP contribution in [0.5, 0.6) is 11.5 Å². The highest BCUT2D eigenvalue weighted by Gasteiger charge is 2.46. The van der Waals surface area contributed by atoms with E-state index in [4.69, 9.17) is 23.7 Å². The highest BCUT2D eigenvalue weighted by molar-refractivity contribution is 5.87. The van der Waals surface area contributed by atoms with Gasteiger partial charge < -0.3 is 64.5 Å². The van der Waals surface area contributed by atoms with Gasteiger partial charge in [-0.05, 0) is 23.8 Å². The lowest BCUT2D eigenvalue weighted by Crippen LogP contribution is -2.60. The van der Waals surface area contributed by atoms with Crippen LogP contribution in [0.25, 0.3) is 6.08 Å². The maximum absolute atomic E-state index is 12.2. The van der Waals surface area contributed by atoms with Crippen molar-refractivity contribution < 1.29 is 69.3 Å². The summed E-state index contributed by atoms with van der Waals surface area (Å²) in [7, 11) is 1.33.